The number of hydrogen-bond acceptors (Lipinski definition) is 5. The van der Waals surface area contributed by atoms with Gasteiger partial charge in [0.2, 0.25) is 0 Å². The van der Waals surface area contributed by atoms with Crippen molar-refractivity contribution in [2.24, 2.45) is 0 Å². The molecule has 0 aliphatic rings. The fraction of sp³-hybridized carbons (Fsp3) is 0.231. The van der Waals surface area contributed by atoms with Gasteiger partial charge in [-0.1, -0.05) is 23.4 Å². The number of carboxylic acids is 1. The third-order valence-corrected chi connectivity index (χ3v) is 2.50. The topological polar surface area (TPSA) is 92.8 Å². The number of aliphatic hydroxyl groups is 1. The molecule has 0 bridgehead atoms. The minimum atomic E-state index is -1.14. The summed E-state index contributed by atoms with van der Waals surface area (Å²) in [5.41, 5.74) is 0.727. The summed E-state index contributed by atoms with van der Waals surface area (Å²) in [5.74, 6) is -0.184. The molecule has 6 nitrogen and oxygen atoms in total. The first-order valence-corrected chi connectivity index (χ1v) is 5.71. The van der Waals surface area contributed by atoms with Gasteiger partial charge in [0.05, 0.1) is 0 Å². The van der Waals surface area contributed by atoms with Crippen molar-refractivity contribution in [3.8, 4) is 5.75 Å². The molecule has 2 N–H and O–H groups in total. The highest BCUT2D eigenvalue weighted by atomic mass is 16.5. The van der Waals surface area contributed by atoms with E-state index in [0.717, 1.165) is 5.56 Å². The lowest BCUT2D eigenvalue weighted by molar-refractivity contribution is 0.0685. The normalized spacial score (nSPS) is 10.4. The summed E-state index contributed by atoms with van der Waals surface area (Å²) in [6.07, 6.45) is 0.493. The zero-order valence-electron chi connectivity index (χ0n) is 10.1. The summed E-state index contributed by atoms with van der Waals surface area (Å²) in [6.45, 7) is 0.120. The Morgan fingerprint density at radius 3 is 2.84 bits per heavy atom. The van der Waals surface area contributed by atoms with E-state index >= 15 is 0 Å². The SMILES string of the molecule is O=C(O)c1cc(COc2ccccc2CCO)on1. The van der Waals surface area contributed by atoms with Crippen LogP contribution in [0.4, 0.5) is 0 Å². The first-order valence-electron chi connectivity index (χ1n) is 5.71. The molecule has 2 rings (SSSR count). The van der Waals surface area contributed by atoms with E-state index in [-0.39, 0.29) is 18.9 Å². The van der Waals surface area contributed by atoms with Gasteiger partial charge in [0.25, 0.3) is 0 Å². The minimum absolute atomic E-state index is 0.0336. The monoisotopic (exact) mass is 263 g/mol. The van der Waals surface area contributed by atoms with E-state index in [2.05, 4.69) is 5.16 Å². The molecule has 1 aromatic heterocycles. The second-order valence-corrected chi connectivity index (χ2v) is 3.85. The highest BCUT2D eigenvalue weighted by molar-refractivity contribution is 5.85. The predicted molar refractivity (Wildman–Crippen MR) is 65.0 cm³/mol. The van der Waals surface area contributed by atoms with E-state index in [4.69, 9.17) is 19.5 Å². The quantitative estimate of drug-likeness (QED) is 0.820. The third-order valence-electron chi connectivity index (χ3n) is 2.50. The Morgan fingerprint density at radius 2 is 2.16 bits per heavy atom. The van der Waals surface area contributed by atoms with Crippen molar-refractivity contribution in [3.63, 3.8) is 0 Å². The van der Waals surface area contributed by atoms with Gasteiger partial charge in [-0.15, -0.1) is 0 Å². The van der Waals surface area contributed by atoms with Gasteiger partial charge in [0.15, 0.2) is 11.5 Å². The fourth-order valence-corrected chi connectivity index (χ4v) is 1.60. The summed E-state index contributed by atoms with van der Waals surface area (Å²) >= 11 is 0. The highest BCUT2D eigenvalue weighted by Gasteiger charge is 2.11. The van der Waals surface area contributed by atoms with Gasteiger partial charge in [0, 0.05) is 12.7 Å². The summed E-state index contributed by atoms with van der Waals surface area (Å²) in [6, 6.07) is 8.62. The van der Waals surface area contributed by atoms with Crippen molar-refractivity contribution >= 4 is 5.97 Å². The van der Waals surface area contributed by atoms with Gasteiger partial charge in [-0.2, -0.15) is 0 Å². The molecule has 1 heterocycles. The van der Waals surface area contributed by atoms with E-state index in [1.165, 1.54) is 6.07 Å². The molecule has 2 aromatic rings. The molecular formula is C13H13NO5. The lowest BCUT2D eigenvalue weighted by atomic mass is 10.1. The van der Waals surface area contributed by atoms with Crippen molar-refractivity contribution in [1.82, 2.24) is 5.16 Å². The molecule has 0 radical (unpaired) electrons. The van der Waals surface area contributed by atoms with E-state index in [1.54, 1.807) is 6.07 Å². The summed E-state index contributed by atoms with van der Waals surface area (Å²) in [5, 5.41) is 21.0. The summed E-state index contributed by atoms with van der Waals surface area (Å²) in [4.78, 5) is 10.6. The molecule has 0 aliphatic heterocycles. The molecule has 0 saturated heterocycles. The number of hydrogen-bond donors (Lipinski definition) is 2. The Labute approximate surface area is 109 Å². The number of rotatable bonds is 6. The van der Waals surface area contributed by atoms with Crippen LogP contribution >= 0.6 is 0 Å². The maximum absolute atomic E-state index is 10.6. The molecule has 100 valence electrons. The Hall–Kier alpha value is -2.34. The number of carbonyl (C=O) groups is 1. The number of aromatic carboxylic acids is 1. The Kier molecular flexibility index (Phi) is 4.15. The first kappa shape index (κ1) is 13.1. The van der Waals surface area contributed by atoms with Crippen molar-refractivity contribution in [1.29, 1.82) is 0 Å². The fourth-order valence-electron chi connectivity index (χ4n) is 1.60. The average molecular weight is 263 g/mol. The van der Waals surface area contributed by atoms with Crippen molar-refractivity contribution in [2.45, 2.75) is 13.0 Å². The van der Waals surface area contributed by atoms with E-state index in [0.29, 0.717) is 17.9 Å². The van der Waals surface area contributed by atoms with Crippen LogP contribution in [-0.4, -0.2) is 27.9 Å². The van der Waals surface area contributed by atoms with Gasteiger partial charge in [-0.25, -0.2) is 4.79 Å². The standard InChI is InChI=1S/C13H13NO5/c15-6-5-9-3-1-2-4-12(9)18-8-10-7-11(13(16)17)14-19-10/h1-4,7,15H,5-6,8H2,(H,16,17). The zero-order valence-corrected chi connectivity index (χ0v) is 10.1. The van der Waals surface area contributed by atoms with Crippen LogP contribution in [-0.2, 0) is 13.0 Å². The number of para-hydroxylation sites is 1. The number of ether oxygens (including phenoxy) is 1. The highest BCUT2D eigenvalue weighted by Crippen LogP contribution is 2.19. The van der Waals surface area contributed by atoms with Crippen LogP contribution in [0.1, 0.15) is 21.8 Å². The van der Waals surface area contributed by atoms with Gasteiger partial charge < -0.3 is 19.5 Å². The van der Waals surface area contributed by atoms with Crippen LogP contribution in [0.2, 0.25) is 0 Å². The van der Waals surface area contributed by atoms with Gasteiger partial charge >= 0.3 is 5.97 Å². The maximum atomic E-state index is 10.6. The van der Waals surface area contributed by atoms with Crippen LogP contribution in [0.25, 0.3) is 0 Å². The van der Waals surface area contributed by atoms with Crippen molar-refractivity contribution < 1.29 is 24.3 Å². The molecule has 0 unspecified atom stereocenters. The molecule has 1 aromatic carbocycles. The average Bonchev–Trinajstić information content (AvgIpc) is 2.87. The second-order valence-electron chi connectivity index (χ2n) is 3.85. The minimum Gasteiger partial charge on any atom is -0.485 e. The summed E-state index contributed by atoms with van der Waals surface area (Å²) in [7, 11) is 0. The Balaban J connectivity index is 2.03. The molecule has 6 heteroatoms. The van der Waals surface area contributed by atoms with Crippen LogP contribution < -0.4 is 4.74 Å². The Bertz CT molecular complexity index is 564. The lowest BCUT2D eigenvalue weighted by Crippen LogP contribution is -1.99. The first-order chi connectivity index (χ1) is 9.20. The number of aromatic nitrogens is 1. The number of nitrogens with zero attached hydrogens (tertiary/aromatic N) is 1. The molecule has 0 saturated carbocycles. The number of benzene rings is 1. The largest absolute Gasteiger partial charge is 0.485 e. The Morgan fingerprint density at radius 1 is 1.37 bits per heavy atom. The molecular weight excluding hydrogens is 250 g/mol. The van der Waals surface area contributed by atoms with Crippen molar-refractivity contribution in [3.05, 3.63) is 47.3 Å². The smallest absolute Gasteiger partial charge is 0.358 e. The molecule has 0 amide bonds. The van der Waals surface area contributed by atoms with E-state index in [9.17, 15) is 4.79 Å². The van der Waals surface area contributed by atoms with Crippen LogP contribution in [0.3, 0.4) is 0 Å². The summed E-state index contributed by atoms with van der Waals surface area (Å²) < 4.78 is 10.4. The van der Waals surface area contributed by atoms with E-state index < -0.39 is 5.97 Å². The number of aliphatic hydroxyl groups excluding tert-OH is 1. The van der Waals surface area contributed by atoms with Crippen LogP contribution in [0.15, 0.2) is 34.9 Å². The number of carboxylic acid groups (broad SMARTS) is 1. The van der Waals surface area contributed by atoms with Crippen molar-refractivity contribution in [2.75, 3.05) is 6.61 Å². The van der Waals surface area contributed by atoms with Gasteiger partial charge in [-0.3, -0.25) is 0 Å². The third kappa shape index (κ3) is 3.32. The van der Waals surface area contributed by atoms with Crippen LogP contribution in [0, 0.1) is 0 Å². The van der Waals surface area contributed by atoms with Crippen LogP contribution in [0.5, 0.6) is 5.75 Å². The molecule has 19 heavy (non-hydrogen) atoms. The lowest BCUT2D eigenvalue weighted by Gasteiger charge is -2.08. The molecule has 0 fully saturated rings. The predicted octanol–water partition coefficient (Wildman–Crippen LogP) is 1.49. The van der Waals surface area contributed by atoms with E-state index in [1.807, 2.05) is 18.2 Å². The van der Waals surface area contributed by atoms with Gasteiger partial charge in [-0.05, 0) is 18.1 Å². The molecule has 0 atom stereocenters. The molecule has 0 spiro atoms. The zero-order chi connectivity index (χ0) is 13.7. The maximum Gasteiger partial charge on any atom is 0.358 e. The second kappa shape index (κ2) is 6.01. The molecule has 0 aliphatic carbocycles. The van der Waals surface area contributed by atoms with Gasteiger partial charge in [0.1, 0.15) is 12.4 Å².